The van der Waals surface area contributed by atoms with Gasteiger partial charge in [-0.2, -0.15) is 4.31 Å². The molecule has 0 N–H and O–H groups in total. The van der Waals surface area contributed by atoms with Gasteiger partial charge in [0.25, 0.3) is 5.54 Å². The highest BCUT2D eigenvalue weighted by Gasteiger charge is 2.92. The number of methoxy groups -OCH3 is 1. The molecule has 0 radical (unpaired) electrons. The second-order valence-electron chi connectivity index (χ2n) is 11.9. The van der Waals surface area contributed by atoms with Crippen molar-refractivity contribution in [1.29, 1.82) is 0 Å². The molecule has 2 fully saturated rings. The number of carbonyl (C=O) groups excluding carboxylic acids is 3. The number of fused-ring (bicyclic) bond motifs is 1. The number of rotatable bonds is 13. The Hall–Kier alpha value is -4.30. The Kier molecular flexibility index (Phi) is 10.7. The van der Waals surface area contributed by atoms with Gasteiger partial charge in [0.05, 0.1) is 44.0 Å². The number of sulfonamides is 1. The van der Waals surface area contributed by atoms with Gasteiger partial charge in [-0.15, -0.1) is 0 Å². The van der Waals surface area contributed by atoms with Gasteiger partial charge in [-0.3, -0.25) is 4.79 Å². The van der Waals surface area contributed by atoms with Crippen molar-refractivity contribution in [2.24, 2.45) is 5.41 Å². The number of aryl methyl sites for hydroxylation is 1. The lowest BCUT2D eigenvalue weighted by Crippen LogP contribution is -2.73. The molecule has 0 bridgehead atoms. The number of esters is 3. The van der Waals surface area contributed by atoms with E-state index in [2.05, 4.69) is 0 Å². The maximum Gasteiger partial charge on any atom is 0.345 e. The summed E-state index contributed by atoms with van der Waals surface area (Å²) in [6.07, 6.45) is -1.28. The van der Waals surface area contributed by atoms with Crippen LogP contribution < -0.4 is 4.74 Å². The Morgan fingerprint density at radius 2 is 1.32 bits per heavy atom. The van der Waals surface area contributed by atoms with E-state index in [1.807, 2.05) is 0 Å². The van der Waals surface area contributed by atoms with Gasteiger partial charge in [0.1, 0.15) is 11.2 Å². The Bertz CT molecular complexity index is 1780. The van der Waals surface area contributed by atoms with Crippen molar-refractivity contribution in [2.45, 2.75) is 69.4 Å². The van der Waals surface area contributed by atoms with Gasteiger partial charge in [0.2, 0.25) is 15.8 Å². The predicted molar refractivity (Wildman–Crippen MR) is 180 cm³/mol. The summed E-state index contributed by atoms with van der Waals surface area (Å²) in [5.74, 6) is -5.72. The van der Waals surface area contributed by atoms with Crippen molar-refractivity contribution < 1.29 is 51.2 Å². The molecule has 12 nitrogen and oxygen atoms in total. The fraction of sp³-hybridized carbons (Fsp3) is 0.432. The van der Waals surface area contributed by atoms with E-state index in [4.69, 9.17) is 28.4 Å². The Morgan fingerprint density at radius 1 is 0.760 bits per heavy atom. The minimum Gasteiger partial charge on any atom is -0.497 e. The highest BCUT2D eigenvalue weighted by atomic mass is 32.2. The molecule has 2 saturated heterocycles. The van der Waals surface area contributed by atoms with Gasteiger partial charge in [0, 0.05) is 13.0 Å². The average molecular weight is 710 g/mol. The first-order valence-electron chi connectivity index (χ1n) is 16.6. The second-order valence-corrected chi connectivity index (χ2v) is 13.7. The zero-order valence-electron chi connectivity index (χ0n) is 29.0. The van der Waals surface area contributed by atoms with E-state index < -0.39 is 56.8 Å². The first kappa shape index (κ1) is 37.0. The van der Waals surface area contributed by atoms with Crippen molar-refractivity contribution in [3.63, 3.8) is 0 Å². The van der Waals surface area contributed by atoms with Crippen molar-refractivity contribution in [3.8, 4) is 5.75 Å². The molecule has 2 aliphatic rings. The number of nitrogens with zero attached hydrogens (tertiary/aromatic N) is 1. The van der Waals surface area contributed by atoms with E-state index in [1.165, 1.54) is 33.1 Å². The largest absolute Gasteiger partial charge is 0.497 e. The lowest BCUT2D eigenvalue weighted by Gasteiger charge is -2.44. The van der Waals surface area contributed by atoms with Crippen LogP contribution in [0.1, 0.15) is 63.0 Å². The SMILES string of the molecule is CCOC(=O)C1(C(=O)OCC)N(S(=O)(=O)c2ccc(C)cc2)[C@H](c2ccccc2)[C@]2(C(=O)OCC)C[C@H](c3ccc(OC)cc3)O[C@]12OCC. The molecule has 0 spiro atoms. The van der Waals surface area contributed by atoms with Crippen LogP contribution in [0.3, 0.4) is 0 Å². The maximum absolute atomic E-state index is 15.3. The number of hydrogen-bond donors (Lipinski definition) is 0. The molecule has 0 amide bonds. The average Bonchev–Trinajstić information content (AvgIpc) is 3.56. The highest BCUT2D eigenvalue weighted by molar-refractivity contribution is 7.89. The molecule has 50 heavy (non-hydrogen) atoms. The molecule has 3 aromatic rings. The van der Waals surface area contributed by atoms with Crippen LogP contribution in [0.4, 0.5) is 0 Å². The molecule has 13 heteroatoms. The van der Waals surface area contributed by atoms with Crippen LogP contribution in [-0.4, -0.2) is 75.5 Å². The van der Waals surface area contributed by atoms with Gasteiger partial charge in [-0.25, -0.2) is 18.0 Å². The molecule has 3 aromatic carbocycles. The number of hydrogen-bond acceptors (Lipinski definition) is 11. The van der Waals surface area contributed by atoms with Crippen LogP contribution in [0.15, 0.2) is 83.8 Å². The van der Waals surface area contributed by atoms with Gasteiger partial charge >= 0.3 is 17.9 Å². The van der Waals surface area contributed by atoms with E-state index in [-0.39, 0.29) is 43.3 Å². The monoisotopic (exact) mass is 709 g/mol. The van der Waals surface area contributed by atoms with E-state index in [1.54, 1.807) is 87.5 Å². The summed E-state index contributed by atoms with van der Waals surface area (Å²) in [6, 6.07) is 19.4. The molecular weight excluding hydrogens is 666 g/mol. The molecule has 4 atom stereocenters. The predicted octanol–water partition coefficient (Wildman–Crippen LogP) is 5.06. The summed E-state index contributed by atoms with van der Waals surface area (Å²) >= 11 is 0. The lowest BCUT2D eigenvalue weighted by atomic mass is 9.67. The zero-order valence-corrected chi connectivity index (χ0v) is 29.9. The maximum atomic E-state index is 15.3. The first-order valence-corrected chi connectivity index (χ1v) is 18.0. The summed E-state index contributed by atoms with van der Waals surface area (Å²) in [4.78, 5) is 44.5. The number of carbonyl (C=O) groups is 3. The number of ether oxygens (including phenoxy) is 6. The summed E-state index contributed by atoms with van der Waals surface area (Å²) in [6.45, 7) is 7.15. The molecule has 268 valence electrons. The minimum atomic E-state index is -4.92. The van der Waals surface area contributed by atoms with Crippen LogP contribution in [0, 0.1) is 12.3 Å². The highest BCUT2D eigenvalue weighted by Crippen LogP contribution is 2.72. The molecule has 0 saturated carbocycles. The van der Waals surface area contributed by atoms with Crippen LogP contribution in [0.2, 0.25) is 0 Å². The fourth-order valence-corrected chi connectivity index (χ4v) is 9.19. The molecular formula is C37H43NO11S. The van der Waals surface area contributed by atoms with Crippen molar-refractivity contribution in [1.82, 2.24) is 4.31 Å². The van der Waals surface area contributed by atoms with Gasteiger partial charge in [-0.05, 0) is 70.0 Å². The Morgan fingerprint density at radius 3 is 1.84 bits per heavy atom. The quantitative estimate of drug-likeness (QED) is 0.134. The Balaban J connectivity index is 2.01. The lowest BCUT2D eigenvalue weighted by molar-refractivity contribution is -0.290. The molecule has 0 aromatic heterocycles. The van der Waals surface area contributed by atoms with E-state index in [9.17, 15) is 14.4 Å². The van der Waals surface area contributed by atoms with E-state index >= 15 is 8.42 Å². The summed E-state index contributed by atoms with van der Waals surface area (Å²) < 4.78 is 67.1. The van der Waals surface area contributed by atoms with Crippen LogP contribution in [0.5, 0.6) is 5.75 Å². The topological polar surface area (TPSA) is 144 Å². The standard InChI is InChI=1S/C37H43NO11S/c1-7-45-32(39)35-24-30(26-18-20-28(44-6)21-19-26)49-37(35,48-10-4)36(33(40)46-8-2,34(41)47-9-3)38(31(35)27-14-12-11-13-15-27)50(42,43)29-22-16-25(5)17-23-29/h11-23,30-31H,7-10,24H2,1-6H3/t30-,31-,35+,37+/m1/s1. The molecule has 0 aliphatic carbocycles. The summed E-state index contributed by atoms with van der Waals surface area (Å²) in [5, 5.41) is 0. The van der Waals surface area contributed by atoms with Crippen molar-refractivity contribution >= 4 is 27.9 Å². The normalized spacial score (nSPS) is 24.3. The molecule has 5 rings (SSSR count). The molecule has 2 aliphatic heterocycles. The minimum absolute atomic E-state index is 0.117. The van der Waals surface area contributed by atoms with Gasteiger partial charge < -0.3 is 28.4 Å². The third kappa shape index (κ3) is 5.47. The molecule has 2 heterocycles. The third-order valence-electron chi connectivity index (χ3n) is 9.22. The fourth-order valence-electron chi connectivity index (χ4n) is 7.28. The zero-order chi connectivity index (χ0) is 36.3. The summed E-state index contributed by atoms with van der Waals surface area (Å²) in [7, 11) is -3.40. The van der Waals surface area contributed by atoms with E-state index in [0.717, 1.165) is 9.87 Å². The van der Waals surface area contributed by atoms with Gasteiger partial charge in [0.15, 0.2) is 0 Å². The number of benzene rings is 3. The van der Waals surface area contributed by atoms with Crippen LogP contribution in [0.25, 0.3) is 0 Å². The molecule has 0 unspecified atom stereocenters. The van der Waals surface area contributed by atoms with Crippen LogP contribution in [-0.2, 0) is 48.1 Å². The van der Waals surface area contributed by atoms with Crippen molar-refractivity contribution in [2.75, 3.05) is 33.5 Å². The van der Waals surface area contributed by atoms with Gasteiger partial charge in [-0.1, -0.05) is 60.2 Å². The van der Waals surface area contributed by atoms with Crippen LogP contribution >= 0.6 is 0 Å². The third-order valence-corrected chi connectivity index (χ3v) is 11.1. The smallest absolute Gasteiger partial charge is 0.345 e. The van der Waals surface area contributed by atoms with E-state index in [0.29, 0.717) is 11.3 Å². The second kappa shape index (κ2) is 14.5. The first-order chi connectivity index (χ1) is 24.0. The Labute approximate surface area is 292 Å². The van der Waals surface area contributed by atoms with Crippen molar-refractivity contribution in [3.05, 3.63) is 95.6 Å². The summed E-state index contributed by atoms with van der Waals surface area (Å²) in [5.41, 5.74) is -3.67.